The number of aromatic nitrogens is 1. The second-order valence-corrected chi connectivity index (χ2v) is 3.61. The normalized spacial score (nSPS) is 10.4. The second-order valence-electron chi connectivity index (χ2n) is 3.05. The van der Waals surface area contributed by atoms with Crippen LogP contribution in [-0.2, 0) is 11.8 Å². The van der Waals surface area contributed by atoms with E-state index in [1.807, 2.05) is 6.07 Å². The Morgan fingerprint density at radius 1 is 1.60 bits per heavy atom. The summed E-state index contributed by atoms with van der Waals surface area (Å²) < 4.78 is 24.9. The first-order valence-corrected chi connectivity index (χ1v) is 5.42. The summed E-state index contributed by atoms with van der Waals surface area (Å²) in [5.74, 6) is 0. The molecule has 0 saturated heterocycles. The highest BCUT2D eigenvalue weighted by Crippen LogP contribution is 2.23. The summed E-state index contributed by atoms with van der Waals surface area (Å²) >= 11 is 3.19. The molecule has 0 aliphatic rings. The molecule has 0 saturated carbocycles. The van der Waals surface area contributed by atoms with E-state index in [0.29, 0.717) is 16.6 Å². The molecular formula is C10H9BrF2N2. The predicted molar refractivity (Wildman–Crippen MR) is 55.9 cm³/mol. The lowest BCUT2D eigenvalue weighted by Crippen LogP contribution is -2.02. The van der Waals surface area contributed by atoms with Gasteiger partial charge in [-0.05, 0) is 24.1 Å². The smallest absolute Gasteiger partial charge is 0.251 e. The van der Waals surface area contributed by atoms with Crippen LogP contribution < -0.4 is 0 Å². The van der Waals surface area contributed by atoms with Gasteiger partial charge in [0.25, 0.3) is 6.43 Å². The van der Waals surface area contributed by atoms with Gasteiger partial charge < -0.3 is 0 Å². The lowest BCUT2D eigenvalue weighted by Gasteiger charge is -2.09. The van der Waals surface area contributed by atoms with Crippen molar-refractivity contribution in [2.45, 2.75) is 25.1 Å². The molecule has 0 N–H and O–H groups in total. The third-order valence-electron chi connectivity index (χ3n) is 2.12. The number of hydrogen-bond donors (Lipinski definition) is 0. The van der Waals surface area contributed by atoms with E-state index in [0.717, 1.165) is 5.56 Å². The largest absolute Gasteiger partial charge is 0.280 e. The van der Waals surface area contributed by atoms with Crippen molar-refractivity contribution in [1.82, 2.24) is 4.98 Å². The minimum Gasteiger partial charge on any atom is -0.251 e. The zero-order chi connectivity index (χ0) is 11.4. The Morgan fingerprint density at radius 3 is 2.73 bits per heavy atom. The minimum absolute atomic E-state index is 0.133. The third-order valence-corrected chi connectivity index (χ3v) is 2.65. The highest BCUT2D eigenvalue weighted by atomic mass is 79.9. The Labute approximate surface area is 95.1 Å². The van der Waals surface area contributed by atoms with Crippen LogP contribution in [0.25, 0.3) is 0 Å². The van der Waals surface area contributed by atoms with Crippen LogP contribution in [0.5, 0.6) is 0 Å². The molecule has 80 valence electrons. The van der Waals surface area contributed by atoms with Crippen LogP contribution >= 0.6 is 15.9 Å². The molecule has 0 bridgehead atoms. The molecule has 2 nitrogen and oxygen atoms in total. The van der Waals surface area contributed by atoms with Crippen molar-refractivity contribution < 1.29 is 8.78 Å². The minimum atomic E-state index is -2.60. The summed E-state index contributed by atoms with van der Waals surface area (Å²) in [6.07, 6.45) is -2.46. The highest BCUT2D eigenvalue weighted by molar-refractivity contribution is 9.08. The monoisotopic (exact) mass is 274 g/mol. The number of rotatable bonds is 3. The van der Waals surface area contributed by atoms with Crippen molar-refractivity contribution in [3.05, 3.63) is 28.6 Å². The summed E-state index contributed by atoms with van der Waals surface area (Å²) in [5.41, 5.74) is 1.73. The molecule has 15 heavy (non-hydrogen) atoms. The van der Waals surface area contributed by atoms with Crippen molar-refractivity contribution in [1.29, 1.82) is 5.26 Å². The zero-order valence-electron chi connectivity index (χ0n) is 8.10. The first kappa shape index (κ1) is 12.1. The number of halogens is 3. The third kappa shape index (κ3) is 2.72. The van der Waals surface area contributed by atoms with Crippen molar-refractivity contribution in [2.24, 2.45) is 0 Å². The molecule has 0 unspecified atom stereocenters. The summed E-state index contributed by atoms with van der Waals surface area (Å²) in [7, 11) is 0. The average Bonchev–Trinajstić information content (AvgIpc) is 2.21. The Bertz CT molecular complexity index is 399. The summed E-state index contributed by atoms with van der Waals surface area (Å²) in [6.45, 7) is 1.78. The number of nitriles is 1. The standard InChI is InChI=1S/C10H9BrF2N2/c1-6-7(2-3-14)4-8(10(12)13)15-9(6)5-11/h4,10H,2,5H2,1H3. The van der Waals surface area contributed by atoms with Crippen molar-refractivity contribution >= 4 is 15.9 Å². The van der Waals surface area contributed by atoms with Gasteiger partial charge in [-0.15, -0.1) is 0 Å². The van der Waals surface area contributed by atoms with Crippen LogP contribution in [-0.4, -0.2) is 4.98 Å². The fraction of sp³-hybridized carbons (Fsp3) is 0.400. The van der Waals surface area contributed by atoms with Gasteiger partial charge in [0.1, 0.15) is 5.69 Å². The maximum atomic E-state index is 12.5. The maximum absolute atomic E-state index is 12.5. The fourth-order valence-corrected chi connectivity index (χ4v) is 1.80. The van der Waals surface area contributed by atoms with Gasteiger partial charge in [0.2, 0.25) is 0 Å². The first-order valence-electron chi connectivity index (χ1n) is 4.30. The Balaban J connectivity index is 3.26. The molecule has 0 amide bonds. The van der Waals surface area contributed by atoms with E-state index < -0.39 is 6.43 Å². The van der Waals surface area contributed by atoms with Gasteiger partial charge in [-0.2, -0.15) is 5.26 Å². The van der Waals surface area contributed by atoms with Gasteiger partial charge >= 0.3 is 0 Å². The maximum Gasteiger partial charge on any atom is 0.280 e. The molecule has 1 aromatic rings. The lowest BCUT2D eigenvalue weighted by molar-refractivity contribution is 0.145. The molecule has 0 aliphatic heterocycles. The van der Waals surface area contributed by atoms with Crippen LogP contribution in [0, 0.1) is 18.3 Å². The Kier molecular flexibility index (Phi) is 4.15. The van der Waals surface area contributed by atoms with Crippen LogP contribution in [0.1, 0.15) is 28.9 Å². The SMILES string of the molecule is Cc1c(CC#N)cc(C(F)F)nc1CBr. The van der Waals surface area contributed by atoms with Gasteiger partial charge in [-0.1, -0.05) is 15.9 Å². The second kappa shape index (κ2) is 5.17. The molecule has 1 rings (SSSR count). The number of nitrogens with zero attached hydrogens (tertiary/aromatic N) is 2. The topological polar surface area (TPSA) is 36.7 Å². The Morgan fingerprint density at radius 2 is 2.27 bits per heavy atom. The molecule has 1 heterocycles. The predicted octanol–water partition coefficient (Wildman–Crippen LogP) is 3.29. The van der Waals surface area contributed by atoms with Crippen molar-refractivity contribution in [3.63, 3.8) is 0 Å². The molecule has 1 aromatic heterocycles. The summed E-state index contributed by atoms with van der Waals surface area (Å²) in [6, 6.07) is 3.26. The quantitative estimate of drug-likeness (QED) is 0.794. The first-order chi connectivity index (χ1) is 7.10. The van der Waals surface area contributed by atoms with E-state index in [-0.39, 0.29) is 12.1 Å². The van der Waals surface area contributed by atoms with E-state index in [9.17, 15) is 8.78 Å². The number of alkyl halides is 3. The van der Waals surface area contributed by atoms with E-state index in [1.165, 1.54) is 6.07 Å². The number of hydrogen-bond acceptors (Lipinski definition) is 2. The van der Waals surface area contributed by atoms with Gasteiger partial charge in [0.05, 0.1) is 18.2 Å². The number of pyridine rings is 1. The molecular weight excluding hydrogens is 266 g/mol. The van der Waals surface area contributed by atoms with Gasteiger partial charge in [-0.25, -0.2) is 8.78 Å². The highest BCUT2D eigenvalue weighted by Gasteiger charge is 2.14. The van der Waals surface area contributed by atoms with Crippen LogP contribution in [0.2, 0.25) is 0 Å². The van der Waals surface area contributed by atoms with Crippen molar-refractivity contribution in [3.8, 4) is 6.07 Å². The van der Waals surface area contributed by atoms with Crippen molar-refractivity contribution in [2.75, 3.05) is 0 Å². The van der Waals surface area contributed by atoms with Crippen LogP contribution in [0.4, 0.5) is 8.78 Å². The van der Waals surface area contributed by atoms with Gasteiger partial charge in [0.15, 0.2) is 0 Å². The van der Waals surface area contributed by atoms with Crippen LogP contribution in [0.15, 0.2) is 6.07 Å². The van der Waals surface area contributed by atoms with Crippen LogP contribution in [0.3, 0.4) is 0 Å². The van der Waals surface area contributed by atoms with Gasteiger partial charge in [0, 0.05) is 5.33 Å². The Hall–Kier alpha value is -1.02. The molecule has 0 radical (unpaired) electrons. The molecule has 0 aromatic carbocycles. The van der Waals surface area contributed by atoms with E-state index in [2.05, 4.69) is 20.9 Å². The molecule has 0 aliphatic carbocycles. The van der Waals surface area contributed by atoms with E-state index >= 15 is 0 Å². The van der Waals surface area contributed by atoms with Gasteiger partial charge in [-0.3, -0.25) is 4.98 Å². The molecule has 0 atom stereocenters. The molecule has 0 fully saturated rings. The van der Waals surface area contributed by atoms with E-state index in [1.54, 1.807) is 6.92 Å². The van der Waals surface area contributed by atoms with E-state index in [4.69, 9.17) is 5.26 Å². The molecule has 0 spiro atoms. The lowest BCUT2D eigenvalue weighted by atomic mass is 10.0. The summed E-state index contributed by atoms with van der Waals surface area (Å²) in [5, 5.41) is 8.98. The zero-order valence-corrected chi connectivity index (χ0v) is 9.68. The fourth-order valence-electron chi connectivity index (χ4n) is 1.25. The molecule has 5 heteroatoms. The summed E-state index contributed by atoms with van der Waals surface area (Å²) in [4.78, 5) is 3.83. The average molecular weight is 275 g/mol.